The summed E-state index contributed by atoms with van der Waals surface area (Å²) in [6.07, 6.45) is 3.33. The van der Waals surface area contributed by atoms with Crippen LogP contribution in [0, 0.1) is 12.8 Å². The Balaban J connectivity index is 1.27. The molecule has 1 unspecified atom stereocenters. The minimum atomic E-state index is -0.0591. The Morgan fingerprint density at radius 2 is 1.64 bits per heavy atom. The number of benzene rings is 1. The molecule has 0 aliphatic carbocycles. The largest absolute Gasteiger partial charge is 0.354 e. The summed E-state index contributed by atoms with van der Waals surface area (Å²) < 4.78 is 0. The second kappa shape index (κ2) is 10.6. The molecule has 2 fully saturated rings. The summed E-state index contributed by atoms with van der Waals surface area (Å²) in [5, 5.41) is 0. The molecule has 0 spiro atoms. The van der Waals surface area contributed by atoms with Crippen molar-refractivity contribution < 1.29 is 4.79 Å². The van der Waals surface area contributed by atoms with Crippen LogP contribution in [0.15, 0.2) is 36.4 Å². The number of carbonyl (C=O) groups excluding carboxylic acids is 1. The molecule has 1 aromatic heterocycles. The van der Waals surface area contributed by atoms with Gasteiger partial charge in [0.2, 0.25) is 5.91 Å². The zero-order valence-electron chi connectivity index (χ0n) is 20.7. The van der Waals surface area contributed by atoms with Crippen LogP contribution in [0.4, 0.5) is 5.82 Å². The van der Waals surface area contributed by atoms with E-state index in [-0.39, 0.29) is 6.04 Å². The molecule has 178 valence electrons. The van der Waals surface area contributed by atoms with E-state index in [1.54, 1.807) is 0 Å². The van der Waals surface area contributed by atoms with Gasteiger partial charge >= 0.3 is 0 Å². The predicted molar refractivity (Wildman–Crippen MR) is 134 cm³/mol. The fraction of sp³-hybridized carbons (Fsp3) is 0.593. The highest BCUT2D eigenvalue weighted by atomic mass is 16.2. The van der Waals surface area contributed by atoms with Gasteiger partial charge in [-0.1, -0.05) is 44.2 Å². The van der Waals surface area contributed by atoms with Gasteiger partial charge in [0, 0.05) is 56.9 Å². The summed E-state index contributed by atoms with van der Waals surface area (Å²) in [5.74, 6) is 3.22. The molecule has 6 nitrogen and oxygen atoms in total. The summed E-state index contributed by atoms with van der Waals surface area (Å²) in [6, 6.07) is 12.8. The van der Waals surface area contributed by atoms with Crippen LogP contribution in [0.5, 0.6) is 0 Å². The lowest BCUT2D eigenvalue weighted by molar-refractivity contribution is -0.138. The van der Waals surface area contributed by atoms with Crippen LogP contribution in [0.2, 0.25) is 0 Å². The van der Waals surface area contributed by atoms with Gasteiger partial charge in [-0.15, -0.1) is 0 Å². The van der Waals surface area contributed by atoms with E-state index >= 15 is 0 Å². The smallest absolute Gasteiger partial charge is 0.239 e. The first kappa shape index (κ1) is 23.7. The molecule has 0 bridgehead atoms. The van der Waals surface area contributed by atoms with Crippen LogP contribution in [0.25, 0.3) is 0 Å². The minimum Gasteiger partial charge on any atom is -0.354 e. The van der Waals surface area contributed by atoms with Crippen LogP contribution < -0.4 is 4.90 Å². The van der Waals surface area contributed by atoms with Gasteiger partial charge in [0.25, 0.3) is 0 Å². The van der Waals surface area contributed by atoms with E-state index in [4.69, 9.17) is 4.98 Å². The van der Waals surface area contributed by atoms with E-state index in [2.05, 4.69) is 76.9 Å². The second-order valence-electron chi connectivity index (χ2n) is 10.0. The van der Waals surface area contributed by atoms with Crippen molar-refractivity contribution in [2.75, 3.05) is 44.2 Å². The lowest BCUT2D eigenvalue weighted by atomic mass is 9.90. The minimum absolute atomic E-state index is 0.0591. The number of piperazine rings is 1. The highest BCUT2D eigenvalue weighted by Crippen LogP contribution is 2.24. The van der Waals surface area contributed by atoms with Crippen molar-refractivity contribution in [3.05, 3.63) is 53.5 Å². The number of hydrogen-bond donors (Lipinski definition) is 0. The van der Waals surface area contributed by atoms with E-state index in [1.807, 2.05) is 6.92 Å². The number of anilines is 1. The molecule has 3 heterocycles. The van der Waals surface area contributed by atoms with Crippen LogP contribution in [0.3, 0.4) is 0 Å². The standard InChI is InChI=1S/C27H39N5O/c1-20(2)26-28-21(3)18-25(29-26)31-16-14-30(15-17-31)22(4)27(33)32-12-10-24(11-13-32)19-23-8-6-5-7-9-23/h5-9,18,20,22,24H,10-17,19H2,1-4H3. The summed E-state index contributed by atoms with van der Waals surface area (Å²) >= 11 is 0. The predicted octanol–water partition coefficient (Wildman–Crippen LogP) is 3.90. The van der Waals surface area contributed by atoms with E-state index < -0.39 is 0 Å². The summed E-state index contributed by atoms with van der Waals surface area (Å²) in [6.45, 7) is 13.7. The zero-order chi connectivity index (χ0) is 23.4. The molecule has 0 saturated carbocycles. The van der Waals surface area contributed by atoms with Gasteiger partial charge in [-0.05, 0) is 44.6 Å². The molecule has 0 N–H and O–H groups in total. The molecule has 2 aliphatic rings. The second-order valence-corrected chi connectivity index (χ2v) is 10.0. The average molecular weight is 450 g/mol. The first-order chi connectivity index (χ1) is 15.9. The molecule has 2 aliphatic heterocycles. The first-order valence-corrected chi connectivity index (χ1v) is 12.6. The monoisotopic (exact) mass is 449 g/mol. The normalized spacial score (nSPS) is 19.2. The molecule has 0 radical (unpaired) electrons. The summed E-state index contributed by atoms with van der Waals surface area (Å²) in [4.78, 5) is 29.4. The van der Waals surface area contributed by atoms with Crippen LogP contribution >= 0.6 is 0 Å². The number of rotatable bonds is 6. The third-order valence-electron chi connectivity index (χ3n) is 7.21. The van der Waals surface area contributed by atoms with Crippen LogP contribution in [-0.2, 0) is 11.2 Å². The van der Waals surface area contributed by atoms with E-state index in [0.717, 1.165) is 75.9 Å². The maximum Gasteiger partial charge on any atom is 0.239 e. The van der Waals surface area contributed by atoms with Gasteiger partial charge in [0.05, 0.1) is 6.04 Å². The quantitative estimate of drug-likeness (QED) is 0.670. The molecule has 2 saturated heterocycles. The molecular weight excluding hydrogens is 410 g/mol. The van der Waals surface area contributed by atoms with Crippen LogP contribution in [-0.4, -0.2) is 71.0 Å². The number of carbonyl (C=O) groups is 1. The van der Waals surface area contributed by atoms with Crippen molar-refractivity contribution in [1.82, 2.24) is 19.8 Å². The molecular formula is C27H39N5O. The SMILES string of the molecule is Cc1cc(N2CCN(C(C)C(=O)N3CCC(Cc4ccccc4)CC3)CC2)nc(C(C)C)n1. The Hall–Kier alpha value is -2.47. The maximum atomic E-state index is 13.2. The number of amides is 1. The summed E-state index contributed by atoms with van der Waals surface area (Å²) in [5.41, 5.74) is 2.43. The molecule has 4 rings (SSSR count). The first-order valence-electron chi connectivity index (χ1n) is 12.6. The number of nitrogens with zero attached hydrogens (tertiary/aromatic N) is 5. The van der Waals surface area contributed by atoms with Gasteiger partial charge in [-0.2, -0.15) is 0 Å². The molecule has 33 heavy (non-hydrogen) atoms. The third kappa shape index (κ3) is 5.91. The summed E-state index contributed by atoms with van der Waals surface area (Å²) in [7, 11) is 0. The van der Waals surface area contributed by atoms with Gasteiger partial charge in [-0.25, -0.2) is 9.97 Å². The fourth-order valence-electron chi connectivity index (χ4n) is 5.06. The van der Waals surface area contributed by atoms with Crippen molar-refractivity contribution in [2.45, 2.75) is 58.9 Å². The number of hydrogen-bond acceptors (Lipinski definition) is 5. The molecule has 1 atom stereocenters. The van der Waals surface area contributed by atoms with E-state index in [1.165, 1.54) is 5.56 Å². The third-order valence-corrected chi connectivity index (χ3v) is 7.21. The number of aromatic nitrogens is 2. The molecule has 1 amide bonds. The van der Waals surface area contributed by atoms with Gasteiger partial charge < -0.3 is 9.80 Å². The highest BCUT2D eigenvalue weighted by Gasteiger charge is 2.31. The molecule has 6 heteroatoms. The van der Waals surface area contributed by atoms with Crippen molar-refractivity contribution in [2.24, 2.45) is 5.92 Å². The van der Waals surface area contributed by atoms with Crippen LogP contribution in [0.1, 0.15) is 56.6 Å². The number of aryl methyl sites for hydroxylation is 1. The van der Waals surface area contributed by atoms with Gasteiger partial charge in [-0.3, -0.25) is 9.69 Å². The van der Waals surface area contributed by atoms with E-state index in [9.17, 15) is 4.79 Å². The zero-order valence-corrected chi connectivity index (χ0v) is 20.7. The average Bonchev–Trinajstić information content (AvgIpc) is 2.84. The number of likely N-dealkylation sites (tertiary alicyclic amines) is 1. The van der Waals surface area contributed by atoms with Crippen molar-refractivity contribution >= 4 is 11.7 Å². The molecule has 1 aromatic carbocycles. The van der Waals surface area contributed by atoms with Gasteiger partial charge in [0.15, 0.2) is 0 Å². The van der Waals surface area contributed by atoms with E-state index in [0.29, 0.717) is 17.7 Å². The fourth-order valence-corrected chi connectivity index (χ4v) is 5.06. The lowest BCUT2D eigenvalue weighted by Crippen LogP contribution is -2.55. The topological polar surface area (TPSA) is 52.6 Å². The Morgan fingerprint density at radius 1 is 0.970 bits per heavy atom. The van der Waals surface area contributed by atoms with Crippen molar-refractivity contribution in [3.63, 3.8) is 0 Å². The lowest BCUT2D eigenvalue weighted by Gasteiger charge is -2.40. The van der Waals surface area contributed by atoms with Gasteiger partial charge in [0.1, 0.15) is 11.6 Å². The van der Waals surface area contributed by atoms with Crippen molar-refractivity contribution in [1.29, 1.82) is 0 Å². The maximum absolute atomic E-state index is 13.2. The number of piperidine rings is 1. The highest BCUT2D eigenvalue weighted by molar-refractivity contribution is 5.81. The Labute approximate surface area is 199 Å². The Kier molecular flexibility index (Phi) is 7.63. The Morgan fingerprint density at radius 3 is 2.27 bits per heavy atom. The van der Waals surface area contributed by atoms with Crippen molar-refractivity contribution in [3.8, 4) is 0 Å². The molecule has 2 aromatic rings. The Bertz CT molecular complexity index is 915.